The minimum absolute atomic E-state index is 0.0274. The molecule has 0 spiro atoms. The molecule has 1 atom stereocenters. The number of halogens is 1. The number of benzene rings is 1. The molecule has 1 aromatic rings. The Bertz CT molecular complexity index is 930. The first kappa shape index (κ1) is 20.3. The van der Waals surface area contributed by atoms with Crippen molar-refractivity contribution >= 4 is 67.6 Å². The smallest absolute Gasteiger partial charge is 0.266 e. The number of hydrogen-bond donors (Lipinski definition) is 1. The van der Waals surface area contributed by atoms with E-state index in [9.17, 15) is 18.0 Å². The summed E-state index contributed by atoms with van der Waals surface area (Å²) in [6.45, 7) is 0.149. The van der Waals surface area contributed by atoms with Gasteiger partial charge in [0.2, 0.25) is 5.91 Å². The van der Waals surface area contributed by atoms with E-state index < -0.39 is 9.84 Å². The van der Waals surface area contributed by atoms with Gasteiger partial charge in [0.1, 0.15) is 4.32 Å². The van der Waals surface area contributed by atoms with Gasteiger partial charge in [-0.05, 0) is 24.1 Å². The molecule has 144 valence electrons. The van der Waals surface area contributed by atoms with Gasteiger partial charge in [-0.15, -0.1) is 0 Å². The molecule has 0 saturated carbocycles. The molecule has 2 saturated heterocycles. The van der Waals surface area contributed by atoms with Crippen molar-refractivity contribution in [3.8, 4) is 0 Å². The predicted molar refractivity (Wildman–Crippen MR) is 111 cm³/mol. The van der Waals surface area contributed by atoms with Gasteiger partial charge < -0.3 is 5.32 Å². The van der Waals surface area contributed by atoms with Gasteiger partial charge in [0.15, 0.2) is 9.84 Å². The Kier molecular flexibility index (Phi) is 6.25. The monoisotopic (exact) mass is 444 g/mol. The van der Waals surface area contributed by atoms with Crippen LogP contribution in [0.3, 0.4) is 0 Å². The fourth-order valence-corrected chi connectivity index (χ4v) is 6.01. The number of carbonyl (C=O) groups is 2. The van der Waals surface area contributed by atoms with E-state index in [0.717, 1.165) is 5.56 Å². The number of carbonyl (C=O) groups excluding carboxylic acids is 2. The van der Waals surface area contributed by atoms with Crippen LogP contribution in [0.25, 0.3) is 6.08 Å². The molecule has 10 heteroatoms. The van der Waals surface area contributed by atoms with E-state index in [4.69, 9.17) is 23.8 Å². The van der Waals surface area contributed by atoms with Gasteiger partial charge in [-0.3, -0.25) is 14.5 Å². The summed E-state index contributed by atoms with van der Waals surface area (Å²) < 4.78 is 23.3. The van der Waals surface area contributed by atoms with Gasteiger partial charge in [-0.2, -0.15) is 0 Å². The molecule has 6 nitrogen and oxygen atoms in total. The standard InChI is InChI=1S/C17H17ClN2O4S3/c18-13-4-2-1-3-11(13)9-14-16(22)20(17(25)26-14)7-5-15(21)19-12-6-8-27(23,24)10-12/h1-4,9,12H,5-8,10H2,(H,19,21)/b14-9+/t12-/m0/s1. The number of hydrogen-bond acceptors (Lipinski definition) is 6. The van der Waals surface area contributed by atoms with E-state index in [1.807, 2.05) is 6.07 Å². The summed E-state index contributed by atoms with van der Waals surface area (Å²) >= 11 is 12.5. The predicted octanol–water partition coefficient (Wildman–Crippen LogP) is 2.23. The topological polar surface area (TPSA) is 83.6 Å². The van der Waals surface area contributed by atoms with Gasteiger partial charge >= 0.3 is 0 Å². The summed E-state index contributed by atoms with van der Waals surface area (Å²) in [6.07, 6.45) is 2.17. The maximum Gasteiger partial charge on any atom is 0.266 e. The zero-order valence-corrected chi connectivity index (χ0v) is 17.4. The largest absolute Gasteiger partial charge is 0.352 e. The highest BCUT2D eigenvalue weighted by Gasteiger charge is 2.33. The lowest BCUT2D eigenvalue weighted by atomic mass is 10.2. The molecule has 2 aliphatic rings. The van der Waals surface area contributed by atoms with Crippen molar-refractivity contribution in [2.45, 2.75) is 18.9 Å². The fraction of sp³-hybridized carbons (Fsp3) is 0.353. The quantitative estimate of drug-likeness (QED) is 0.554. The van der Waals surface area contributed by atoms with Crippen LogP contribution < -0.4 is 5.32 Å². The number of nitrogens with one attached hydrogen (secondary N) is 1. The number of thioether (sulfide) groups is 1. The van der Waals surface area contributed by atoms with E-state index in [1.54, 1.807) is 24.3 Å². The van der Waals surface area contributed by atoms with Gasteiger partial charge in [0.25, 0.3) is 5.91 Å². The van der Waals surface area contributed by atoms with Crippen molar-refractivity contribution in [1.29, 1.82) is 0 Å². The summed E-state index contributed by atoms with van der Waals surface area (Å²) in [6, 6.07) is 6.82. The first-order chi connectivity index (χ1) is 12.7. The van der Waals surface area contributed by atoms with Crippen LogP contribution >= 0.6 is 35.6 Å². The Morgan fingerprint density at radius 3 is 2.81 bits per heavy atom. The summed E-state index contributed by atoms with van der Waals surface area (Å²) in [5, 5.41) is 3.24. The van der Waals surface area contributed by atoms with Gasteiger partial charge in [0, 0.05) is 24.0 Å². The maximum atomic E-state index is 12.6. The fourth-order valence-electron chi connectivity index (χ4n) is 2.85. The molecule has 3 rings (SSSR count). The highest BCUT2D eigenvalue weighted by molar-refractivity contribution is 8.26. The third-order valence-corrected chi connectivity index (χ3v) is 7.72. The molecule has 2 amide bonds. The molecule has 1 aromatic carbocycles. The Morgan fingerprint density at radius 2 is 2.15 bits per heavy atom. The Morgan fingerprint density at radius 1 is 1.41 bits per heavy atom. The van der Waals surface area contributed by atoms with Crippen molar-refractivity contribution in [1.82, 2.24) is 10.2 Å². The molecule has 0 unspecified atom stereocenters. The van der Waals surface area contributed by atoms with Crippen molar-refractivity contribution < 1.29 is 18.0 Å². The van der Waals surface area contributed by atoms with Crippen LogP contribution in [-0.4, -0.2) is 53.5 Å². The third kappa shape index (κ3) is 5.10. The zero-order valence-electron chi connectivity index (χ0n) is 14.2. The molecular weight excluding hydrogens is 428 g/mol. The Hall–Kier alpha value is -1.42. The van der Waals surface area contributed by atoms with E-state index in [0.29, 0.717) is 20.7 Å². The number of nitrogens with zero attached hydrogens (tertiary/aromatic N) is 1. The second-order valence-corrected chi connectivity index (χ2v) is 10.6. The molecule has 1 N–H and O–H groups in total. The number of sulfone groups is 1. The highest BCUT2D eigenvalue weighted by Crippen LogP contribution is 2.33. The lowest BCUT2D eigenvalue weighted by Gasteiger charge is -2.15. The second-order valence-electron chi connectivity index (χ2n) is 6.27. The number of amides is 2. The third-order valence-electron chi connectivity index (χ3n) is 4.23. The number of thiocarbonyl (C=S) groups is 1. The zero-order chi connectivity index (χ0) is 19.6. The number of rotatable bonds is 5. The summed E-state index contributed by atoms with van der Waals surface area (Å²) in [7, 11) is -3.05. The minimum atomic E-state index is -3.05. The van der Waals surface area contributed by atoms with Crippen molar-refractivity contribution in [3.63, 3.8) is 0 Å². The van der Waals surface area contributed by atoms with Gasteiger partial charge in [-0.1, -0.05) is 53.8 Å². The van der Waals surface area contributed by atoms with E-state index in [1.165, 1.54) is 16.7 Å². The maximum absolute atomic E-state index is 12.6. The van der Waals surface area contributed by atoms with Gasteiger partial charge in [-0.25, -0.2) is 8.42 Å². The summed E-state index contributed by atoms with van der Waals surface area (Å²) in [5.41, 5.74) is 0.722. The summed E-state index contributed by atoms with van der Waals surface area (Å²) in [5.74, 6) is -0.484. The summed E-state index contributed by atoms with van der Waals surface area (Å²) in [4.78, 5) is 26.5. The normalized spacial score (nSPS) is 23.2. The van der Waals surface area contributed by atoms with Crippen LogP contribution in [0.2, 0.25) is 5.02 Å². The molecule has 0 bridgehead atoms. The molecular formula is C17H17ClN2O4S3. The molecule has 2 fully saturated rings. The van der Waals surface area contributed by atoms with Crippen LogP contribution in [0.5, 0.6) is 0 Å². The first-order valence-electron chi connectivity index (χ1n) is 8.25. The molecule has 2 heterocycles. The lowest BCUT2D eigenvalue weighted by Crippen LogP contribution is -2.38. The molecule has 0 aliphatic carbocycles. The van der Waals surface area contributed by atoms with E-state index in [-0.39, 0.29) is 42.3 Å². The van der Waals surface area contributed by atoms with Crippen molar-refractivity contribution in [2.24, 2.45) is 0 Å². The van der Waals surface area contributed by atoms with Crippen LogP contribution in [0.1, 0.15) is 18.4 Å². The van der Waals surface area contributed by atoms with E-state index in [2.05, 4.69) is 5.32 Å². The van der Waals surface area contributed by atoms with Gasteiger partial charge in [0.05, 0.1) is 16.4 Å². The highest BCUT2D eigenvalue weighted by atomic mass is 35.5. The lowest BCUT2D eigenvalue weighted by molar-refractivity contribution is -0.124. The first-order valence-corrected chi connectivity index (χ1v) is 11.7. The molecule has 0 radical (unpaired) electrons. The van der Waals surface area contributed by atoms with Crippen LogP contribution in [0.4, 0.5) is 0 Å². The Balaban J connectivity index is 1.58. The van der Waals surface area contributed by atoms with Crippen LogP contribution in [0.15, 0.2) is 29.2 Å². The van der Waals surface area contributed by atoms with Crippen LogP contribution in [0, 0.1) is 0 Å². The average molecular weight is 445 g/mol. The second kappa shape index (κ2) is 8.30. The minimum Gasteiger partial charge on any atom is -0.352 e. The average Bonchev–Trinajstić information content (AvgIpc) is 3.07. The molecule has 2 aliphatic heterocycles. The van der Waals surface area contributed by atoms with E-state index >= 15 is 0 Å². The van der Waals surface area contributed by atoms with Crippen LogP contribution in [-0.2, 0) is 19.4 Å². The Labute approximate surface area is 172 Å². The molecule has 0 aromatic heterocycles. The SMILES string of the molecule is O=C(CCN1C(=O)/C(=C\c2ccccc2Cl)SC1=S)N[C@H]1CCS(=O)(=O)C1. The van der Waals surface area contributed by atoms with Crippen molar-refractivity contribution in [3.05, 3.63) is 39.8 Å². The van der Waals surface area contributed by atoms with Crippen molar-refractivity contribution in [2.75, 3.05) is 18.1 Å². The molecule has 27 heavy (non-hydrogen) atoms.